The van der Waals surface area contributed by atoms with Gasteiger partial charge in [-0.2, -0.15) is 4.98 Å². The molecule has 0 aliphatic heterocycles. The highest BCUT2D eigenvalue weighted by molar-refractivity contribution is 14.1. The molecule has 0 atom stereocenters. The van der Waals surface area contributed by atoms with E-state index in [-0.39, 0.29) is 5.82 Å². The fourth-order valence-corrected chi connectivity index (χ4v) is 1.29. The number of aromatic carboxylic acids is 1. The van der Waals surface area contributed by atoms with Crippen LogP contribution in [0.3, 0.4) is 0 Å². The summed E-state index contributed by atoms with van der Waals surface area (Å²) >= 11 is 1.94. The van der Waals surface area contributed by atoms with Gasteiger partial charge in [0, 0.05) is 29.1 Å². The number of rotatable bonds is 2. The third kappa shape index (κ3) is 1.67. The second kappa shape index (κ2) is 3.16. The van der Waals surface area contributed by atoms with Crippen molar-refractivity contribution in [1.29, 1.82) is 0 Å². The zero-order valence-corrected chi connectivity index (χ0v) is 7.94. The first-order valence-electron chi connectivity index (χ1n) is 2.98. The number of hydrogen-bond donors (Lipinski definition) is 1. The number of carboxylic acids is 1. The van der Waals surface area contributed by atoms with E-state index in [2.05, 4.69) is 10.1 Å². The van der Waals surface area contributed by atoms with Gasteiger partial charge in [0.25, 0.3) is 5.82 Å². The molecular weight excluding hydrogens is 261 g/mol. The molecule has 5 nitrogen and oxygen atoms in total. The number of hydrogen-bond acceptors (Lipinski definition) is 3. The summed E-state index contributed by atoms with van der Waals surface area (Å²) in [5.41, 5.74) is 0. The Balaban J connectivity index is 3.05. The van der Waals surface area contributed by atoms with Crippen LogP contribution in [0.2, 0.25) is 0 Å². The molecule has 0 unspecified atom stereocenters. The van der Waals surface area contributed by atoms with E-state index < -0.39 is 5.97 Å². The molecule has 0 amide bonds. The van der Waals surface area contributed by atoms with Crippen LogP contribution in [-0.4, -0.2) is 25.8 Å². The average Bonchev–Trinajstić information content (AvgIpc) is 2.31. The Hall–Kier alpha value is -0.660. The van der Waals surface area contributed by atoms with E-state index in [9.17, 15) is 4.79 Å². The number of aromatic nitrogens is 3. The van der Waals surface area contributed by atoms with Crippen LogP contribution in [0, 0.1) is 3.83 Å². The van der Waals surface area contributed by atoms with Crippen molar-refractivity contribution in [2.45, 2.75) is 13.5 Å². The molecule has 0 saturated carbocycles. The molecule has 0 aliphatic carbocycles. The summed E-state index contributed by atoms with van der Waals surface area (Å²) in [5.74, 6) is -1.23. The molecular formula is C5H6IN3O2. The van der Waals surface area contributed by atoms with E-state index >= 15 is 0 Å². The van der Waals surface area contributed by atoms with Crippen molar-refractivity contribution in [2.75, 3.05) is 0 Å². The first kappa shape index (κ1) is 8.44. The molecule has 1 aromatic rings. The van der Waals surface area contributed by atoms with Crippen molar-refractivity contribution in [2.24, 2.45) is 0 Å². The highest BCUT2D eigenvalue weighted by atomic mass is 127. The maximum absolute atomic E-state index is 10.3. The van der Waals surface area contributed by atoms with Gasteiger partial charge in [0.2, 0.25) is 0 Å². The highest BCUT2D eigenvalue weighted by Gasteiger charge is 2.11. The largest absolute Gasteiger partial charge is 0.475 e. The molecule has 0 radical (unpaired) electrons. The number of halogens is 1. The maximum Gasteiger partial charge on any atom is 0.375 e. The lowest BCUT2D eigenvalue weighted by molar-refractivity contribution is 0.0683. The van der Waals surface area contributed by atoms with Crippen molar-refractivity contribution in [3.8, 4) is 0 Å². The first-order chi connectivity index (χ1) is 5.15. The summed E-state index contributed by atoms with van der Waals surface area (Å²) < 4.78 is 2.13. The lowest BCUT2D eigenvalue weighted by atomic mass is 10.7. The van der Waals surface area contributed by atoms with Gasteiger partial charge in [-0.3, -0.25) is 0 Å². The van der Waals surface area contributed by atoms with Crippen molar-refractivity contribution < 1.29 is 9.90 Å². The van der Waals surface area contributed by atoms with Crippen molar-refractivity contribution in [3.63, 3.8) is 0 Å². The second-order valence-corrected chi connectivity index (χ2v) is 2.79. The summed E-state index contributed by atoms with van der Waals surface area (Å²) in [6, 6.07) is 0. The minimum absolute atomic E-state index is 0.142. The van der Waals surface area contributed by atoms with Crippen LogP contribution in [0.15, 0.2) is 0 Å². The summed E-state index contributed by atoms with van der Waals surface area (Å²) in [6.07, 6.45) is 0. The van der Waals surface area contributed by atoms with Gasteiger partial charge in [0.15, 0.2) is 3.83 Å². The lowest BCUT2D eigenvalue weighted by Gasteiger charge is -1.91. The van der Waals surface area contributed by atoms with E-state index in [1.165, 1.54) is 4.68 Å². The Morgan fingerprint density at radius 3 is 2.73 bits per heavy atom. The summed E-state index contributed by atoms with van der Waals surface area (Å²) in [4.78, 5) is 14.1. The van der Waals surface area contributed by atoms with E-state index in [0.29, 0.717) is 10.4 Å². The normalized spacial score (nSPS) is 10.0. The molecule has 0 aromatic carbocycles. The van der Waals surface area contributed by atoms with Crippen LogP contribution < -0.4 is 0 Å². The molecule has 0 aliphatic rings. The molecule has 6 heteroatoms. The topological polar surface area (TPSA) is 68.0 Å². The van der Waals surface area contributed by atoms with Gasteiger partial charge in [0.05, 0.1) is 0 Å². The van der Waals surface area contributed by atoms with Gasteiger partial charge >= 0.3 is 5.97 Å². The highest BCUT2D eigenvalue weighted by Crippen LogP contribution is 2.01. The van der Waals surface area contributed by atoms with Gasteiger partial charge in [0.1, 0.15) is 0 Å². The predicted octanol–water partition coefficient (Wildman–Crippen LogP) is 0.601. The minimum atomic E-state index is -1.09. The number of aryl methyl sites for hydroxylation is 1. The molecule has 0 fully saturated rings. The summed E-state index contributed by atoms with van der Waals surface area (Å²) in [7, 11) is 0. The molecule has 0 saturated heterocycles. The van der Waals surface area contributed by atoms with Crippen LogP contribution in [0.4, 0.5) is 0 Å². The van der Waals surface area contributed by atoms with Gasteiger partial charge < -0.3 is 5.11 Å². The first-order valence-corrected chi connectivity index (χ1v) is 4.06. The van der Waals surface area contributed by atoms with Crippen molar-refractivity contribution in [1.82, 2.24) is 14.8 Å². The fraction of sp³-hybridized carbons (Fsp3) is 0.400. The second-order valence-electron chi connectivity index (χ2n) is 1.83. The average molecular weight is 267 g/mol. The Labute approximate surface area is 76.6 Å². The Kier molecular flexibility index (Phi) is 2.42. The fourth-order valence-electron chi connectivity index (χ4n) is 0.615. The van der Waals surface area contributed by atoms with E-state index in [4.69, 9.17) is 5.11 Å². The molecule has 1 aromatic heterocycles. The number of carboxylic acid groups (broad SMARTS) is 1. The number of carbonyl (C=O) groups is 1. The van der Waals surface area contributed by atoms with E-state index in [1.807, 2.05) is 29.5 Å². The minimum Gasteiger partial charge on any atom is -0.475 e. The summed E-state index contributed by atoms with van der Waals surface area (Å²) in [6.45, 7) is 2.51. The van der Waals surface area contributed by atoms with Crippen LogP contribution in [0.1, 0.15) is 17.5 Å². The molecule has 1 heterocycles. The van der Waals surface area contributed by atoms with Crippen LogP contribution >= 0.6 is 22.6 Å². The monoisotopic (exact) mass is 267 g/mol. The molecule has 11 heavy (non-hydrogen) atoms. The van der Waals surface area contributed by atoms with Gasteiger partial charge in [-0.25, -0.2) is 9.48 Å². The quantitative estimate of drug-likeness (QED) is 0.797. The van der Waals surface area contributed by atoms with Crippen molar-refractivity contribution >= 4 is 28.6 Å². The molecule has 1 N–H and O–H groups in total. The SMILES string of the molecule is CCn1nc(C(=O)O)nc1I. The third-order valence-corrected chi connectivity index (χ3v) is 1.92. The Bertz CT molecular complexity index is 283. The zero-order valence-electron chi connectivity index (χ0n) is 5.78. The maximum atomic E-state index is 10.3. The third-order valence-electron chi connectivity index (χ3n) is 1.12. The van der Waals surface area contributed by atoms with Crippen LogP contribution in [0.5, 0.6) is 0 Å². The summed E-state index contributed by atoms with van der Waals surface area (Å²) in [5, 5.41) is 12.2. The lowest BCUT2D eigenvalue weighted by Crippen LogP contribution is -2.02. The molecule has 60 valence electrons. The molecule has 1 rings (SSSR count). The smallest absolute Gasteiger partial charge is 0.375 e. The van der Waals surface area contributed by atoms with Gasteiger partial charge in [-0.1, -0.05) is 0 Å². The van der Waals surface area contributed by atoms with Gasteiger partial charge in [-0.05, 0) is 6.92 Å². The van der Waals surface area contributed by atoms with Crippen LogP contribution in [-0.2, 0) is 6.54 Å². The molecule has 0 bridgehead atoms. The van der Waals surface area contributed by atoms with E-state index in [1.54, 1.807) is 0 Å². The van der Waals surface area contributed by atoms with E-state index in [0.717, 1.165) is 0 Å². The van der Waals surface area contributed by atoms with Crippen molar-refractivity contribution in [3.05, 3.63) is 9.66 Å². The zero-order chi connectivity index (χ0) is 8.43. The van der Waals surface area contributed by atoms with Crippen LogP contribution in [0.25, 0.3) is 0 Å². The number of nitrogens with zero attached hydrogens (tertiary/aromatic N) is 3. The Morgan fingerprint density at radius 2 is 2.45 bits per heavy atom. The van der Waals surface area contributed by atoms with Gasteiger partial charge in [-0.15, -0.1) is 5.10 Å². The Morgan fingerprint density at radius 1 is 1.82 bits per heavy atom. The predicted molar refractivity (Wildman–Crippen MR) is 45.4 cm³/mol. The molecule has 0 spiro atoms. The standard InChI is InChI=1S/C5H6IN3O2/c1-2-9-5(6)7-3(8-9)4(10)11/h2H2,1H3,(H,10,11).